The molecule has 6 nitrogen and oxygen atoms in total. The molecule has 3 aromatic carbocycles. The number of halogens is 1. The van der Waals surface area contributed by atoms with E-state index in [9.17, 15) is 9.18 Å². The fourth-order valence-electron chi connectivity index (χ4n) is 4.56. The molecule has 0 aliphatic heterocycles. The smallest absolute Gasteiger partial charge is 0.203 e. The number of rotatable bonds is 7. The van der Waals surface area contributed by atoms with Gasteiger partial charge in [-0.15, -0.1) is 0 Å². The summed E-state index contributed by atoms with van der Waals surface area (Å²) in [5, 5.41) is 6.56. The van der Waals surface area contributed by atoms with E-state index in [0.717, 1.165) is 40.7 Å². The summed E-state index contributed by atoms with van der Waals surface area (Å²) >= 11 is 0. The van der Waals surface area contributed by atoms with Crippen LogP contribution in [-0.4, -0.2) is 28.4 Å². The predicted octanol–water partition coefficient (Wildman–Crippen LogP) is 4.70. The Balaban J connectivity index is 1.86. The zero-order valence-electron chi connectivity index (χ0n) is 19.8. The largest absolute Gasteiger partial charge is 0.493 e. The minimum atomic E-state index is -0.291. The number of hydrogen-bond acceptors (Lipinski definition) is 6. The number of fused-ring (bicyclic) bond motifs is 3. The number of anilines is 1. The molecule has 0 amide bonds. The van der Waals surface area contributed by atoms with Gasteiger partial charge in [0.2, 0.25) is 11.2 Å². The minimum Gasteiger partial charge on any atom is -0.493 e. The zero-order chi connectivity index (χ0) is 24.2. The normalized spacial score (nSPS) is 14.4. The third-order valence-corrected chi connectivity index (χ3v) is 6.28. The van der Waals surface area contributed by atoms with Gasteiger partial charge in [0.1, 0.15) is 5.82 Å². The lowest BCUT2D eigenvalue weighted by Gasteiger charge is -2.19. The van der Waals surface area contributed by atoms with Crippen molar-refractivity contribution in [2.75, 3.05) is 33.7 Å². The molecular weight excluding hydrogens is 435 g/mol. The lowest BCUT2D eigenvalue weighted by atomic mass is 9.95. The van der Waals surface area contributed by atoms with E-state index in [4.69, 9.17) is 14.2 Å². The third-order valence-electron chi connectivity index (χ3n) is 6.28. The minimum absolute atomic E-state index is 0.0193. The standard InChI is InChI=1S/C27H29FN2O4/c1-29-21-11-7-17-13-24(32-2)26(33-3)27(34-4)25(17)19-10-12-22(23(31)14-20(19)21)30-15-16-5-8-18(28)9-6-16/h5-6,8-10,12-14,21,29H,7,11,15H2,1-4H3,(H,30,31)/t21-/m0/s1. The summed E-state index contributed by atoms with van der Waals surface area (Å²) in [4.78, 5) is 13.2. The van der Waals surface area contributed by atoms with Crippen LogP contribution < -0.4 is 30.3 Å². The van der Waals surface area contributed by atoms with Crippen molar-refractivity contribution in [2.24, 2.45) is 0 Å². The van der Waals surface area contributed by atoms with Crippen LogP contribution in [0.15, 0.2) is 53.3 Å². The molecular formula is C27H29FN2O4. The lowest BCUT2D eigenvalue weighted by molar-refractivity contribution is 0.324. The van der Waals surface area contributed by atoms with Crippen LogP contribution in [0.4, 0.5) is 10.1 Å². The maximum absolute atomic E-state index is 13.2. The Morgan fingerprint density at radius 1 is 0.971 bits per heavy atom. The van der Waals surface area contributed by atoms with Gasteiger partial charge in [-0.25, -0.2) is 4.39 Å². The van der Waals surface area contributed by atoms with Gasteiger partial charge in [0.15, 0.2) is 11.5 Å². The van der Waals surface area contributed by atoms with Crippen LogP contribution in [0.3, 0.4) is 0 Å². The Morgan fingerprint density at radius 2 is 1.71 bits per heavy atom. The summed E-state index contributed by atoms with van der Waals surface area (Å²) in [6.45, 7) is 0.407. The number of ether oxygens (including phenoxy) is 3. The van der Waals surface area contributed by atoms with Crippen molar-refractivity contribution in [1.29, 1.82) is 0 Å². The predicted molar refractivity (Wildman–Crippen MR) is 132 cm³/mol. The summed E-state index contributed by atoms with van der Waals surface area (Å²) < 4.78 is 30.2. The van der Waals surface area contributed by atoms with Crippen molar-refractivity contribution in [1.82, 2.24) is 5.32 Å². The second-order valence-corrected chi connectivity index (χ2v) is 8.16. The van der Waals surface area contributed by atoms with Crippen LogP contribution in [0, 0.1) is 5.82 Å². The first kappa shape index (κ1) is 23.6. The van der Waals surface area contributed by atoms with E-state index < -0.39 is 0 Å². The molecule has 0 bridgehead atoms. The summed E-state index contributed by atoms with van der Waals surface area (Å²) in [5.74, 6) is 1.41. The van der Waals surface area contributed by atoms with Crippen LogP contribution in [0.5, 0.6) is 17.2 Å². The molecule has 1 aliphatic rings. The fraction of sp³-hybridized carbons (Fsp3) is 0.296. The Labute approximate surface area is 198 Å². The number of aryl methyl sites for hydroxylation is 1. The van der Waals surface area contributed by atoms with Gasteiger partial charge in [0.05, 0.1) is 27.0 Å². The van der Waals surface area contributed by atoms with Gasteiger partial charge in [-0.05, 0) is 72.5 Å². The monoisotopic (exact) mass is 464 g/mol. The van der Waals surface area contributed by atoms with E-state index in [1.165, 1.54) is 12.1 Å². The van der Waals surface area contributed by atoms with E-state index in [-0.39, 0.29) is 17.3 Å². The Hall–Kier alpha value is -3.58. The molecule has 1 atom stereocenters. The van der Waals surface area contributed by atoms with E-state index in [2.05, 4.69) is 10.6 Å². The number of hydrogen-bond donors (Lipinski definition) is 2. The number of methoxy groups -OCH3 is 3. The van der Waals surface area contributed by atoms with Gasteiger partial charge in [0.25, 0.3) is 0 Å². The van der Waals surface area contributed by atoms with Crippen molar-refractivity contribution in [2.45, 2.75) is 25.4 Å². The first-order valence-corrected chi connectivity index (χ1v) is 11.2. The van der Waals surface area contributed by atoms with Gasteiger partial charge in [-0.3, -0.25) is 4.79 Å². The van der Waals surface area contributed by atoms with Crippen molar-refractivity contribution in [3.8, 4) is 28.4 Å². The average molecular weight is 465 g/mol. The van der Waals surface area contributed by atoms with Crippen LogP contribution in [0.2, 0.25) is 0 Å². The molecule has 3 aromatic rings. The van der Waals surface area contributed by atoms with Crippen molar-refractivity contribution in [3.05, 3.63) is 81.3 Å². The second kappa shape index (κ2) is 10.1. The van der Waals surface area contributed by atoms with Crippen LogP contribution in [-0.2, 0) is 13.0 Å². The van der Waals surface area contributed by atoms with Gasteiger partial charge in [-0.1, -0.05) is 18.2 Å². The molecule has 0 saturated heterocycles. The molecule has 0 aromatic heterocycles. The molecule has 1 aliphatic carbocycles. The van der Waals surface area contributed by atoms with Crippen molar-refractivity contribution < 1.29 is 18.6 Å². The molecule has 0 radical (unpaired) electrons. The van der Waals surface area contributed by atoms with Gasteiger partial charge < -0.3 is 24.8 Å². The molecule has 0 fully saturated rings. The highest BCUT2D eigenvalue weighted by Crippen LogP contribution is 2.50. The molecule has 0 unspecified atom stereocenters. The topological polar surface area (TPSA) is 68.8 Å². The fourth-order valence-corrected chi connectivity index (χ4v) is 4.56. The number of benzene rings is 2. The molecule has 178 valence electrons. The summed E-state index contributed by atoms with van der Waals surface area (Å²) in [5.41, 5.74) is 4.98. The van der Waals surface area contributed by atoms with Crippen LogP contribution >= 0.6 is 0 Å². The number of nitrogens with one attached hydrogen (secondary N) is 2. The molecule has 0 spiro atoms. The van der Waals surface area contributed by atoms with Gasteiger partial charge in [-0.2, -0.15) is 0 Å². The highest BCUT2D eigenvalue weighted by Gasteiger charge is 2.28. The summed E-state index contributed by atoms with van der Waals surface area (Å²) in [6.07, 6.45) is 1.58. The third kappa shape index (κ3) is 4.43. The maximum atomic E-state index is 13.2. The Kier molecular flexibility index (Phi) is 7.03. The zero-order valence-corrected chi connectivity index (χ0v) is 19.8. The van der Waals surface area contributed by atoms with E-state index >= 15 is 0 Å². The SMILES string of the molecule is CN[C@H]1CCc2cc(OC)c(OC)c(OC)c2-c2ccc(NCc3ccc(F)cc3)c(=O)cc21. The second-order valence-electron chi connectivity index (χ2n) is 8.16. The summed E-state index contributed by atoms with van der Waals surface area (Å²) in [6, 6.07) is 13.6. The highest BCUT2D eigenvalue weighted by atomic mass is 19.1. The Bertz CT molecular complexity index is 1240. The van der Waals surface area contributed by atoms with Gasteiger partial charge in [0, 0.05) is 18.2 Å². The lowest BCUT2D eigenvalue weighted by Crippen LogP contribution is -2.18. The first-order chi connectivity index (χ1) is 16.5. The van der Waals surface area contributed by atoms with E-state index in [1.54, 1.807) is 45.6 Å². The maximum Gasteiger partial charge on any atom is 0.203 e. The average Bonchev–Trinajstić information content (AvgIpc) is 3.10. The van der Waals surface area contributed by atoms with E-state index in [0.29, 0.717) is 29.5 Å². The van der Waals surface area contributed by atoms with Crippen LogP contribution in [0.1, 0.15) is 29.2 Å². The molecule has 34 heavy (non-hydrogen) atoms. The van der Waals surface area contributed by atoms with Crippen molar-refractivity contribution in [3.63, 3.8) is 0 Å². The van der Waals surface area contributed by atoms with Gasteiger partial charge >= 0.3 is 0 Å². The molecule has 7 heteroatoms. The highest BCUT2D eigenvalue weighted by molar-refractivity contribution is 5.83. The molecule has 2 N–H and O–H groups in total. The summed E-state index contributed by atoms with van der Waals surface area (Å²) in [7, 11) is 6.69. The molecule has 0 heterocycles. The Morgan fingerprint density at radius 3 is 2.35 bits per heavy atom. The van der Waals surface area contributed by atoms with Crippen molar-refractivity contribution >= 4 is 5.69 Å². The quantitative estimate of drug-likeness (QED) is 0.529. The molecule has 0 saturated carbocycles. The van der Waals surface area contributed by atoms with E-state index in [1.807, 2.05) is 19.2 Å². The van der Waals surface area contributed by atoms with Crippen LogP contribution in [0.25, 0.3) is 11.1 Å². The first-order valence-electron chi connectivity index (χ1n) is 11.2. The molecule has 4 rings (SSSR count).